The molecular formula is C22H20N2O2S. The number of amides is 1. The van der Waals surface area contributed by atoms with Gasteiger partial charge in [0.15, 0.2) is 0 Å². The number of para-hydroxylation sites is 2. The standard InChI is InChI=1S/C22H20N2O2S/c1-26-20-10-5-3-8-17(20)14-23-22(25)15-24-18-9-4-2-7-16(18)13-19(24)21-11-6-12-27-21/h2-13H,14-15H2,1H3,(H,23,25). The number of carbonyl (C=O) groups excluding carboxylic acids is 1. The Kier molecular flexibility index (Phi) is 4.94. The van der Waals surface area contributed by atoms with Crippen molar-refractivity contribution in [1.29, 1.82) is 0 Å². The number of hydrogen-bond acceptors (Lipinski definition) is 3. The summed E-state index contributed by atoms with van der Waals surface area (Å²) in [5, 5.41) is 6.20. The van der Waals surface area contributed by atoms with Gasteiger partial charge in [0.05, 0.1) is 17.7 Å². The Hall–Kier alpha value is -3.05. The zero-order valence-electron chi connectivity index (χ0n) is 15.0. The smallest absolute Gasteiger partial charge is 0.240 e. The van der Waals surface area contributed by atoms with Crippen LogP contribution in [-0.4, -0.2) is 17.6 Å². The summed E-state index contributed by atoms with van der Waals surface area (Å²) in [6.07, 6.45) is 0. The maximum atomic E-state index is 12.7. The van der Waals surface area contributed by atoms with Crippen molar-refractivity contribution in [1.82, 2.24) is 9.88 Å². The molecular weight excluding hydrogens is 356 g/mol. The summed E-state index contributed by atoms with van der Waals surface area (Å²) in [6.45, 7) is 0.715. The van der Waals surface area contributed by atoms with Gasteiger partial charge in [-0.25, -0.2) is 0 Å². The average molecular weight is 376 g/mol. The summed E-state index contributed by atoms with van der Waals surface area (Å²) in [7, 11) is 1.64. The molecule has 0 atom stereocenters. The molecule has 0 spiro atoms. The van der Waals surface area contributed by atoms with E-state index in [1.807, 2.05) is 42.5 Å². The van der Waals surface area contributed by atoms with Crippen molar-refractivity contribution in [3.05, 3.63) is 77.7 Å². The van der Waals surface area contributed by atoms with Crippen LogP contribution in [0.1, 0.15) is 5.56 Å². The zero-order chi connectivity index (χ0) is 18.6. The second-order valence-corrected chi connectivity index (χ2v) is 7.19. The highest BCUT2D eigenvalue weighted by Crippen LogP contribution is 2.31. The van der Waals surface area contributed by atoms with Gasteiger partial charge in [0, 0.05) is 23.0 Å². The molecule has 0 saturated carbocycles. The summed E-state index contributed by atoms with van der Waals surface area (Å²) >= 11 is 1.68. The SMILES string of the molecule is COc1ccccc1CNC(=O)Cn1c(-c2cccs2)cc2ccccc21. The molecule has 4 nitrogen and oxygen atoms in total. The van der Waals surface area contributed by atoms with Gasteiger partial charge in [-0.1, -0.05) is 42.5 Å². The molecule has 27 heavy (non-hydrogen) atoms. The highest BCUT2D eigenvalue weighted by molar-refractivity contribution is 7.13. The molecule has 4 rings (SSSR count). The first kappa shape index (κ1) is 17.4. The van der Waals surface area contributed by atoms with E-state index in [0.29, 0.717) is 6.54 Å². The van der Waals surface area contributed by atoms with Crippen LogP contribution in [0.15, 0.2) is 72.1 Å². The van der Waals surface area contributed by atoms with Crippen molar-refractivity contribution in [3.8, 4) is 16.3 Å². The molecule has 2 aromatic heterocycles. The van der Waals surface area contributed by atoms with E-state index < -0.39 is 0 Å². The summed E-state index contributed by atoms with van der Waals surface area (Å²) in [6, 6.07) is 22.1. The highest BCUT2D eigenvalue weighted by Gasteiger charge is 2.14. The fourth-order valence-corrected chi connectivity index (χ4v) is 4.00. The molecule has 0 fully saturated rings. The maximum absolute atomic E-state index is 12.7. The van der Waals surface area contributed by atoms with Crippen LogP contribution in [0.25, 0.3) is 21.5 Å². The number of benzene rings is 2. The number of nitrogens with zero attached hydrogens (tertiary/aromatic N) is 1. The number of hydrogen-bond donors (Lipinski definition) is 1. The second kappa shape index (κ2) is 7.68. The van der Waals surface area contributed by atoms with E-state index in [9.17, 15) is 4.79 Å². The molecule has 0 radical (unpaired) electrons. The summed E-state index contributed by atoms with van der Waals surface area (Å²) in [5.41, 5.74) is 3.09. The lowest BCUT2D eigenvalue weighted by Gasteiger charge is -2.12. The summed E-state index contributed by atoms with van der Waals surface area (Å²) in [4.78, 5) is 13.8. The number of fused-ring (bicyclic) bond motifs is 1. The van der Waals surface area contributed by atoms with Gasteiger partial charge in [-0.3, -0.25) is 4.79 Å². The lowest BCUT2D eigenvalue weighted by Crippen LogP contribution is -2.27. The van der Waals surface area contributed by atoms with E-state index in [0.717, 1.165) is 32.8 Å². The van der Waals surface area contributed by atoms with Crippen molar-refractivity contribution in [2.45, 2.75) is 13.1 Å². The van der Waals surface area contributed by atoms with Crippen LogP contribution in [0.2, 0.25) is 0 Å². The largest absolute Gasteiger partial charge is 0.496 e. The molecule has 0 bridgehead atoms. The van der Waals surface area contributed by atoms with Crippen LogP contribution in [0, 0.1) is 0 Å². The molecule has 4 aromatic rings. The van der Waals surface area contributed by atoms with Crippen LogP contribution in [0.4, 0.5) is 0 Å². The molecule has 0 unspecified atom stereocenters. The Balaban J connectivity index is 1.57. The van der Waals surface area contributed by atoms with Crippen molar-refractivity contribution in [2.24, 2.45) is 0 Å². The third kappa shape index (κ3) is 3.59. The van der Waals surface area contributed by atoms with Gasteiger partial charge in [-0.15, -0.1) is 11.3 Å². The summed E-state index contributed by atoms with van der Waals surface area (Å²) in [5.74, 6) is 0.753. The van der Waals surface area contributed by atoms with Gasteiger partial charge in [0.1, 0.15) is 12.3 Å². The predicted octanol–water partition coefficient (Wildman–Crippen LogP) is 4.69. The fourth-order valence-electron chi connectivity index (χ4n) is 3.25. The molecule has 2 aromatic carbocycles. The lowest BCUT2D eigenvalue weighted by atomic mass is 10.2. The quantitative estimate of drug-likeness (QED) is 0.530. The normalized spacial score (nSPS) is 10.9. The minimum absolute atomic E-state index is 0.0277. The number of carbonyl (C=O) groups is 1. The number of ether oxygens (including phenoxy) is 1. The van der Waals surface area contributed by atoms with E-state index in [-0.39, 0.29) is 12.5 Å². The van der Waals surface area contributed by atoms with Crippen molar-refractivity contribution in [3.63, 3.8) is 0 Å². The number of aromatic nitrogens is 1. The minimum atomic E-state index is -0.0277. The van der Waals surface area contributed by atoms with Crippen LogP contribution in [0.3, 0.4) is 0 Å². The van der Waals surface area contributed by atoms with Gasteiger partial charge in [-0.05, 0) is 29.6 Å². The van der Waals surface area contributed by atoms with Gasteiger partial charge >= 0.3 is 0 Å². The van der Waals surface area contributed by atoms with Crippen LogP contribution >= 0.6 is 11.3 Å². The van der Waals surface area contributed by atoms with E-state index in [4.69, 9.17) is 4.74 Å². The maximum Gasteiger partial charge on any atom is 0.240 e. The molecule has 0 aliphatic carbocycles. The second-order valence-electron chi connectivity index (χ2n) is 6.24. The molecule has 0 aliphatic rings. The monoisotopic (exact) mass is 376 g/mol. The van der Waals surface area contributed by atoms with E-state index in [1.165, 1.54) is 0 Å². The van der Waals surface area contributed by atoms with Gasteiger partial charge in [0.25, 0.3) is 0 Å². The van der Waals surface area contributed by atoms with Gasteiger partial charge in [0.2, 0.25) is 5.91 Å². The van der Waals surface area contributed by atoms with E-state index >= 15 is 0 Å². The third-order valence-corrected chi connectivity index (χ3v) is 5.45. The molecule has 0 saturated heterocycles. The Morgan fingerprint density at radius 2 is 1.89 bits per heavy atom. The molecule has 1 amide bonds. The minimum Gasteiger partial charge on any atom is -0.496 e. The first-order valence-corrected chi connectivity index (χ1v) is 9.65. The Labute approximate surface area is 162 Å². The molecule has 2 heterocycles. The summed E-state index contributed by atoms with van der Waals surface area (Å²) < 4.78 is 7.44. The fraction of sp³-hybridized carbons (Fsp3) is 0.136. The molecule has 136 valence electrons. The lowest BCUT2D eigenvalue weighted by molar-refractivity contribution is -0.121. The van der Waals surface area contributed by atoms with Crippen LogP contribution < -0.4 is 10.1 Å². The highest BCUT2D eigenvalue weighted by atomic mass is 32.1. The Morgan fingerprint density at radius 1 is 1.07 bits per heavy atom. The molecule has 0 aliphatic heterocycles. The predicted molar refractivity (Wildman–Crippen MR) is 110 cm³/mol. The van der Waals surface area contributed by atoms with Gasteiger partial charge < -0.3 is 14.6 Å². The number of nitrogens with one attached hydrogen (secondary N) is 1. The van der Waals surface area contributed by atoms with Crippen molar-refractivity contribution >= 4 is 28.1 Å². The van der Waals surface area contributed by atoms with Crippen LogP contribution in [-0.2, 0) is 17.9 Å². The zero-order valence-corrected chi connectivity index (χ0v) is 15.8. The Morgan fingerprint density at radius 3 is 2.70 bits per heavy atom. The Bertz CT molecular complexity index is 1070. The number of methoxy groups -OCH3 is 1. The number of rotatable bonds is 6. The first-order chi connectivity index (χ1) is 13.3. The molecule has 1 N–H and O–H groups in total. The first-order valence-electron chi connectivity index (χ1n) is 8.77. The van der Waals surface area contributed by atoms with E-state index in [2.05, 4.69) is 39.5 Å². The topological polar surface area (TPSA) is 43.3 Å². The van der Waals surface area contributed by atoms with Crippen LogP contribution in [0.5, 0.6) is 5.75 Å². The van der Waals surface area contributed by atoms with E-state index in [1.54, 1.807) is 18.4 Å². The third-order valence-electron chi connectivity index (χ3n) is 4.55. The molecule has 5 heteroatoms. The van der Waals surface area contributed by atoms with Crippen molar-refractivity contribution < 1.29 is 9.53 Å². The number of thiophene rings is 1. The van der Waals surface area contributed by atoms with Gasteiger partial charge in [-0.2, -0.15) is 0 Å². The van der Waals surface area contributed by atoms with Crippen molar-refractivity contribution in [2.75, 3.05) is 7.11 Å². The average Bonchev–Trinajstić information content (AvgIpc) is 3.35.